The summed E-state index contributed by atoms with van der Waals surface area (Å²) in [4.78, 5) is 28.9. The highest BCUT2D eigenvalue weighted by molar-refractivity contribution is 5.99. The van der Waals surface area contributed by atoms with Gasteiger partial charge < -0.3 is 15.0 Å². The molecular weight excluding hydrogens is 292 g/mol. The molecule has 1 heterocycles. The summed E-state index contributed by atoms with van der Waals surface area (Å²) in [5.41, 5.74) is 3.83. The number of aryl methyl sites for hydroxylation is 2. The van der Waals surface area contributed by atoms with E-state index in [-0.39, 0.29) is 18.5 Å². The lowest BCUT2D eigenvalue weighted by atomic mass is 10.1. The lowest BCUT2D eigenvalue weighted by Gasteiger charge is -2.23. The molecule has 2 aromatic rings. The van der Waals surface area contributed by atoms with Crippen molar-refractivity contribution in [3.8, 4) is 0 Å². The molecule has 0 radical (unpaired) electrons. The second-order valence-electron chi connectivity index (χ2n) is 6.58. The first-order valence-electron chi connectivity index (χ1n) is 8.01. The number of nitrogens with one attached hydrogen (secondary N) is 1. The molecule has 3 rings (SSSR count). The number of nitrogens with zero attached hydrogens (tertiary/aromatic N) is 1. The van der Waals surface area contributed by atoms with Gasteiger partial charge in [0, 0.05) is 23.5 Å². The van der Waals surface area contributed by atoms with Gasteiger partial charge >= 0.3 is 5.97 Å². The van der Waals surface area contributed by atoms with Gasteiger partial charge in [-0.1, -0.05) is 13.0 Å². The maximum atomic E-state index is 12.9. The number of amides is 1. The van der Waals surface area contributed by atoms with Crippen molar-refractivity contribution in [2.24, 2.45) is 5.92 Å². The Labute approximate surface area is 135 Å². The minimum Gasteiger partial charge on any atom is -0.481 e. The monoisotopic (exact) mass is 314 g/mol. The minimum absolute atomic E-state index is 0.103. The summed E-state index contributed by atoms with van der Waals surface area (Å²) >= 11 is 0. The Hall–Kier alpha value is -2.30. The van der Waals surface area contributed by atoms with Crippen molar-refractivity contribution in [3.05, 3.63) is 35.0 Å². The van der Waals surface area contributed by atoms with Crippen molar-refractivity contribution in [1.29, 1.82) is 0 Å². The number of aromatic amines is 1. The third-order valence-corrected chi connectivity index (χ3v) is 4.71. The summed E-state index contributed by atoms with van der Waals surface area (Å²) in [6.45, 7) is 6.00. The van der Waals surface area contributed by atoms with Gasteiger partial charge in [0.2, 0.25) is 0 Å². The Balaban J connectivity index is 1.91. The molecule has 5 heteroatoms. The summed E-state index contributed by atoms with van der Waals surface area (Å²) < 4.78 is 0. The lowest BCUT2D eigenvalue weighted by molar-refractivity contribution is -0.141. The van der Waals surface area contributed by atoms with Crippen LogP contribution < -0.4 is 0 Å². The van der Waals surface area contributed by atoms with Crippen molar-refractivity contribution in [2.45, 2.75) is 39.7 Å². The number of aromatic nitrogens is 1. The maximum absolute atomic E-state index is 12.9. The van der Waals surface area contributed by atoms with Crippen molar-refractivity contribution in [1.82, 2.24) is 9.88 Å². The number of rotatable bonds is 5. The average Bonchev–Trinajstić information content (AvgIpc) is 3.26. The zero-order valence-electron chi connectivity index (χ0n) is 13.7. The van der Waals surface area contributed by atoms with Crippen molar-refractivity contribution in [3.63, 3.8) is 0 Å². The summed E-state index contributed by atoms with van der Waals surface area (Å²) in [5, 5.41) is 10.2. The number of carboxylic acid groups (broad SMARTS) is 1. The van der Waals surface area contributed by atoms with E-state index >= 15 is 0 Å². The topological polar surface area (TPSA) is 73.4 Å². The molecule has 1 atom stereocenters. The predicted octanol–water partition coefficient (Wildman–Crippen LogP) is 3.11. The Morgan fingerprint density at radius 3 is 2.65 bits per heavy atom. The predicted molar refractivity (Wildman–Crippen MR) is 88.6 cm³/mol. The summed E-state index contributed by atoms with van der Waals surface area (Å²) in [5.74, 6) is -1.53. The van der Waals surface area contributed by atoms with E-state index in [9.17, 15) is 9.59 Å². The number of carbonyl (C=O) groups excluding carboxylic acids is 1. The number of fused-ring (bicyclic) bond motifs is 1. The largest absolute Gasteiger partial charge is 0.481 e. The van der Waals surface area contributed by atoms with Crippen LogP contribution >= 0.6 is 0 Å². The van der Waals surface area contributed by atoms with Gasteiger partial charge in [-0.15, -0.1) is 0 Å². The van der Waals surface area contributed by atoms with Gasteiger partial charge in [-0.2, -0.15) is 0 Å². The molecule has 1 unspecified atom stereocenters. The number of benzene rings is 1. The van der Waals surface area contributed by atoms with Crippen LogP contribution in [-0.4, -0.2) is 39.5 Å². The fourth-order valence-corrected chi connectivity index (χ4v) is 2.89. The molecular formula is C18H22N2O3. The highest BCUT2D eigenvalue weighted by Crippen LogP contribution is 2.30. The molecule has 1 aromatic carbocycles. The first-order valence-corrected chi connectivity index (χ1v) is 8.01. The number of aliphatic carboxylic acids is 1. The van der Waals surface area contributed by atoms with Crippen LogP contribution in [0.5, 0.6) is 0 Å². The molecule has 1 aromatic heterocycles. The van der Waals surface area contributed by atoms with Crippen LogP contribution in [0.15, 0.2) is 18.2 Å². The van der Waals surface area contributed by atoms with E-state index in [4.69, 9.17) is 5.11 Å². The molecule has 5 nitrogen and oxygen atoms in total. The molecule has 0 aliphatic heterocycles. The van der Waals surface area contributed by atoms with E-state index in [1.165, 1.54) is 5.56 Å². The average molecular weight is 314 g/mol. The first kappa shape index (κ1) is 15.6. The van der Waals surface area contributed by atoms with Crippen molar-refractivity contribution < 1.29 is 14.7 Å². The molecule has 1 fully saturated rings. The van der Waals surface area contributed by atoms with Crippen molar-refractivity contribution in [2.75, 3.05) is 6.54 Å². The lowest BCUT2D eigenvalue weighted by Crippen LogP contribution is -2.38. The highest BCUT2D eigenvalue weighted by atomic mass is 16.4. The molecule has 23 heavy (non-hydrogen) atoms. The van der Waals surface area contributed by atoms with Gasteiger partial charge in [0.15, 0.2) is 0 Å². The van der Waals surface area contributed by atoms with Crippen LogP contribution in [0.3, 0.4) is 0 Å². The Kier molecular flexibility index (Phi) is 3.88. The number of hydrogen-bond donors (Lipinski definition) is 2. The Morgan fingerprint density at radius 2 is 2.04 bits per heavy atom. The molecule has 0 saturated heterocycles. The van der Waals surface area contributed by atoms with Crippen LogP contribution in [-0.2, 0) is 4.79 Å². The summed E-state index contributed by atoms with van der Waals surface area (Å²) in [6.07, 6.45) is 1.91. The SMILES string of the molecule is Cc1ccc2[nH]c(C(=O)N(CC(C)C(=O)O)C3CC3)cc2c1C. The van der Waals surface area contributed by atoms with E-state index in [0.717, 1.165) is 29.3 Å². The smallest absolute Gasteiger partial charge is 0.308 e. The standard InChI is InChI=1S/C18H22N2O3/c1-10-4-7-15-14(12(10)3)8-16(19-15)17(21)20(13-5-6-13)9-11(2)18(22)23/h4,7-8,11,13,19H,5-6,9H2,1-3H3,(H,22,23). The molecule has 122 valence electrons. The number of hydrogen-bond acceptors (Lipinski definition) is 2. The molecule has 1 amide bonds. The number of carboxylic acids is 1. The zero-order chi connectivity index (χ0) is 16.7. The van der Waals surface area contributed by atoms with E-state index in [2.05, 4.69) is 4.98 Å². The van der Waals surface area contributed by atoms with E-state index in [1.807, 2.05) is 32.0 Å². The summed E-state index contributed by atoms with van der Waals surface area (Å²) in [6, 6.07) is 6.09. The molecule has 1 aliphatic carbocycles. The summed E-state index contributed by atoms with van der Waals surface area (Å²) in [7, 11) is 0. The minimum atomic E-state index is -0.869. The van der Waals surface area contributed by atoms with E-state index in [1.54, 1.807) is 11.8 Å². The number of H-pyrrole nitrogens is 1. The van der Waals surface area contributed by atoms with Crippen molar-refractivity contribution >= 4 is 22.8 Å². The van der Waals surface area contributed by atoms with Crippen LogP contribution in [0.2, 0.25) is 0 Å². The van der Waals surface area contributed by atoms with Crippen LogP contribution in [0.25, 0.3) is 10.9 Å². The van der Waals surface area contributed by atoms with Gasteiger partial charge in [-0.3, -0.25) is 9.59 Å². The highest BCUT2D eigenvalue weighted by Gasteiger charge is 2.35. The van der Waals surface area contributed by atoms with Gasteiger partial charge in [0.25, 0.3) is 5.91 Å². The maximum Gasteiger partial charge on any atom is 0.308 e. The van der Waals surface area contributed by atoms with E-state index in [0.29, 0.717) is 5.69 Å². The van der Waals surface area contributed by atoms with E-state index < -0.39 is 11.9 Å². The molecule has 2 N–H and O–H groups in total. The third kappa shape index (κ3) is 2.96. The second-order valence-corrected chi connectivity index (χ2v) is 6.58. The van der Waals surface area contributed by atoms with Gasteiger partial charge in [0.05, 0.1) is 5.92 Å². The quantitative estimate of drug-likeness (QED) is 0.890. The zero-order valence-corrected chi connectivity index (χ0v) is 13.7. The third-order valence-electron chi connectivity index (χ3n) is 4.71. The van der Waals surface area contributed by atoms with Gasteiger partial charge in [-0.05, 0) is 49.9 Å². The second kappa shape index (κ2) is 5.72. The fourth-order valence-electron chi connectivity index (χ4n) is 2.89. The first-order chi connectivity index (χ1) is 10.9. The Bertz CT molecular complexity index is 774. The Morgan fingerprint density at radius 1 is 1.35 bits per heavy atom. The molecule has 0 bridgehead atoms. The van der Waals surface area contributed by atoms with Gasteiger partial charge in [0.1, 0.15) is 5.69 Å². The molecule has 1 saturated carbocycles. The fraction of sp³-hybridized carbons (Fsp3) is 0.444. The van der Waals surface area contributed by atoms with Gasteiger partial charge in [-0.25, -0.2) is 0 Å². The molecule has 1 aliphatic rings. The molecule has 0 spiro atoms. The van der Waals surface area contributed by atoms with Crippen LogP contribution in [0, 0.1) is 19.8 Å². The number of carbonyl (C=O) groups is 2. The van der Waals surface area contributed by atoms with Crippen LogP contribution in [0.4, 0.5) is 0 Å². The van der Waals surface area contributed by atoms with Crippen LogP contribution in [0.1, 0.15) is 41.4 Å². The normalized spacial score (nSPS) is 15.6.